The molecule has 0 amide bonds. The van der Waals surface area contributed by atoms with E-state index in [0.29, 0.717) is 12.0 Å². The minimum Gasteiger partial charge on any atom is -0.396 e. The first kappa shape index (κ1) is 18.0. The number of halogens is 3. The molecule has 0 fully saturated rings. The molecule has 0 atom stereocenters. The zero-order valence-electron chi connectivity index (χ0n) is 12.5. The molecule has 120 valence electrons. The summed E-state index contributed by atoms with van der Waals surface area (Å²) in [6.07, 6.45) is 4.47. The quantitative estimate of drug-likeness (QED) is 0.577. The third-order valence-electron chi connectivity index (χ3n) is 3.68. The number of aryl methyl sites for hydroxylation is 1. The molecule has 0 unspecified atom stereocenters. The van der Waals surface area contributed by atoms with Gasteiger partial charge in [-0.3, -0.25) is 0 Å². The lowest BCUT2D eigenvalue weighted by atomic mass is 10.00. The number of hydrogen-bond acceptors (Lipinski definition) is 1. The molecule has 0 heterocycles. The molecule has 1 nitrogen and oxygen atoms in total. The number of aliphatic hydroxyl groups excluding tert-OH is 1. The fourth-order valence-electron chi connectivity index (χ4n) is 2.50. The molecule has 1 N–H and O–H groups in total. The first-order valence-corrected chi connectivity index (χ1v) is 7.81. The summed E-state index contributed by atoms with van der Waals surface area (Å²) in [5, 5.41) is 8.65. The first-order valence-electron chi connectivity index (χ1n) is 7.81. The largest absolute Gasteiger partial charge is 0.416 e. The minimum atomic E-state index is -4.25. The van der Waals surface area contributed by atoms with E-state index in [-0.39, 0.29) is 6.61 Å². The van der Waals surface area contributed by atoms with E-state index in [1.54, 1.807) is 12.1 Å². The van der Waals surface area contributed by atoms with Crippen LogP contribution in [0.15, 0.2) is 24.3 Å². The van der Waals surface area contributed by atoms with Crippen molar-refractivity contribution in [3.05, 3.63) is 35.4 Å². The van der Waals surface area contributed by atoms with Gasteiger partial charge in [-0.2, -0.15) is 13.2 Å². The number of benzene rings is 1. The van der Waals surface area contributed by atoms with Crippen molar-refractivity contribution in [1.29, 1.82) is 0 Å². The van der Waals surface area contributed by atoms with Crippen molar-refractivity contribution in [1.82, 2.24) is 0 Å². The van der Waals surface area contributed by atoms with Gasteiger partial charge < -0.3 is 5.11 Å². The molecule has 0 aliphatic carbocycles. The summed E-state index contributed by atoms with van der Waals surface area (Å²) >= 11 is 0. The Balaban J connectivity index is 2.19. The lowest BCUT2D eigenvalue weighted by Crippen LogP contribution is -2.08. The van der Waals surface area contributed by atoms with Gasteiger partial charge in [-0.05, 0) is 30.9 Å². The minimum absolute atomic E-state index is 0.263. The first-order chi connectivity index (χ1) is 10.1. The second-order valence-electron chi connectivity index (χ2n) is 5.46. The molecular weight excluding hydrogens is 277 g/mol. The molecule has 4 heteroatoms. The second-order valence-corrected chi connectivity index (χ2v) is 5.46. The molecular formula is C17H25F3O. The van der Waals surface area contributed by atoms with E-state index in [4.69, 9.17) is 5.11 Å². The van der Waals surface area contributed by atoms with Crippen LogP contribution in [0.1, 0.15) is 62.5 Å². The zero-order valence-corrected chi connectivity index (χ0v) is 12.5. The van der Waals surface area contributed by atoms with Crippen molar-refractivity contribution in [2.24, 2.45) is 0 Å². The summed E-state index contributed by atoms with van der Waals surface area (Å²) in [6, 6.07) is 5.86. The van der Waals surface area contributed by atoms with Crippen molar-refractivity contribution in [2.75, 3.05) is 6.61 Å². The van der Waals surface area contributed by atoms with Crippen LogP contribution in [0.4, 0.5) is 13.2 Å². The average Bonchev–Trinajstić information content (AvgIpc) is 2.45. The molecule has 0 bridgehead atoms. The number of alkyl halides is 3. The highest BCUT2D eigenvalue weighted by molar-refractivity contribution is 5.29. The molecule has 0 aliphatic rings. The lowest BCUT2D eigenvalue weighted by Gasteiger charge is -2.12. The summed E-state index contributed by atoms with van der Waals surface area (Å²) in [4.78, 5) is 0. The topological polar surface area (TPSA) is 20.2 Å². The van der Waals surface area contributed by atoms with Gasteiger partial charge in [-0.15, -0.1) is 0 Å². The Labute approximate surface area is 125 Å². The number of rotatable bonds is 10. The standard InChI is InChI=1S/C17H25F3O/c18-17(19,20)16-13-9-8-12-15(16)11-7-5-3-1-2-4-6-10-14-21/h8-9,12-13,21H,1-7,10-11,14H2. The van der Waals surface area contributed by atoms with E-state index in [9.17, 15) is 13.2 Å². The van der Waals surface area contributed by atoms with Crippen LogP contribution in [0.2, 0.25) is 0 Å². The lowest BCUT2D eigenvalue weighted by molar-refractivity contribution is -0.138. The molecule has 0 saturated carbocycles. The summed E-state index contributed by atoms with van der Waals surface area (Å²) in [5.41, 5.74) is -0.0815. The van der Waals surface area contributed by atoms with Gasteiger partial charge in [0.05, 0.1) is 5.56 Å². The van der Waals surface area contributed by atoms with Gasteiger partial charge in [0.25, 0.3) is 0 Å². The van der Waals surface area contributed by atoms with Crippen molar-refractivity contribution in [3.8, 4) is 0 Å². The third-order valence-corrected chi connectivity index (χ3v) is 3.68. The second kappa shape index (κ2) is 9.82. The van der Waals surface area contributed by atoms with Gasteiger partial charge in [-0.25, -0.2) is 0 Å². The Bertz CT molecular complexity index is 388. The SMILES string of the molecule is OCCCCCCCCCCc1ccccc1C(F)(F)F. The molecule has 1 rings (SSSR count). The highest BCUT2D eigenvalue weighted by Crippen LogP contribution is 2.32. The highest BCUT2D eigenvalue weighted by atomic mass is 19.4. The Morgan fingerprint density at radius 1 is 0.762 bits per heavy atom. The molecule has 0 aromatic heterocycles. The number of hydrogen-bond donors (Lipinski definition) is 1. The summed E-state index contributed by atoms with van der Waals surface area (Å²) in [5.74, 6) is 0. The molecule has 0 spiro atoms. The van der Waals surface area contributed by atoms with E-state index >= 15 is 0 Å². The van der Waals surface area contributed by atoms with E-state index < -0.39 is 11.7 Å². The van der Waals surface area contributed by atoms with Gasteiger partial charge in [0.1, 0.15) is 0 Å². The van der Waals surface area contributed by atoms with Gasteiger partial charge in [0.2, 0.25) is 0 Å². The van der Waals surface area contributed by atoms with Crippen molar-refractivity contribution in [2.45, 2.75) is 64.0 Å². The van der Waals surface area contributed by atoms with Crippen molar-refractivity contribution < 1.29 is 18.3 Å². The molecule has 1 aromatic carbocycles. The highest BCUT2D eigenvalue weighted by Gasteiger charge is 2.32. The Morgan fingerprint density at radius 3 is 1.86 bits per heavy atom. The fraction of sp³-hybridized carbons (Fsp3) is 0.647. The van der Waals surface area contributed by atoms with Crippen LogP contribution in [0.25, 0.3) is 0 Å². The van der Waals surface area contributed by atoms with Gasteiger partial charge in [-0.1, -0.05) is 56.7 Å². The zero-order chi connectivity index (χ0) is 15.6. The molecule has 21 heavy (non-hydrogen) atoms. The predicted molar refractivity (Wildman–Crippen MR) is 79.2 cm³/mol. The number of aliphatic hydroxyl groups is 1. The van der Waals surface area contributed by atoms with E-state index in [2.05, 4.69) is 0 Å². The van der Waals surface area contributed by atoms with Crippen LogP contribution in [0, 0.1) is 0 Å². The van der Waals surface area contributed by atoms with Crippen LogP contribution < -0.4 is 0 Å². The van der Waals surface area contributed by atoms with Crippen LogP contribution in [-0.2, 0) is 12.6 Å². The summed E-state index contributed by atoms with van der Waals surface area (Å²) in [6.45, 7) is 0.263. The predicted octanol–water partition coefficient (Wildman–Crippen LogP) is 5.36. The molecule has 0 radical (unpaired) electrons. The monoisotopic (exact) mass is 302 g/mol. The molecule has 1 aromatic rings. The van der Waals surface area contributed by atoms with Crippen LogP contribution in [-0.4, -0.2) is 11.7 Å². The normalized spacial score (nSPS) is 11.8. The van der Waals surface area contributed by atoms with Crippen LogP contribution >= 0.6 is 0 Å². The van der Waals surface area contributed by atoms with Crippen LogP contribution in [0.5, 0.6) is 0 Å². The molecule has 0 saturated heterocycles. The van der Waals surface area contributed by atoms with E-state index in [1.807, 2.05) is 0 Å². The maximum Gasteiger partial charge on any atom is 0.416 e. The van der Waals surface area contributed by atoms with Crippen molar-refractivity contribution >= 4 is 0 Å². The van der Waals surface area contributed by atoms with Crippen molar-refractivity contribution in [3.63, 3.8) is 0 Å². The summed E-state index contributed by atoms with van der Waals surface area (Å²) < 4.78 is 38.4. The van der Waals surface area contributed by atoms with E-state index in [0.717, 1.165) is 57.4 Å². The Hall–Kier alpha value is -1.03. The smallest absolute Gasteiger partial charge is 0.396 e. The Morgan fingerprint density at radius 2 is 1.29 bits per heavy atom. The van der Waals surface area contributed by atoms with Gasteiger partial charge in [0, 0.05) is 6.61 Å². The van der Waals surface area contributed by atoms with Gasteiger partial charge in [0.15, 0.2) is 0 Å². The summed E-state index contributed by atoms with van der Waals surface area (Å²) in [7, 11) is 0. The third kappa shape index (κ3) is 7.51. The fourth-order valence-corrected chi connectivity index (χ4v) is 2.50. The van der Waals surface area contributed by atoms with E-state index in [1.165, 1.54) is 6.07 Å². The molecule has 0 aliphatic heterocycles. The maximum absolute atomic E-state index is 12.8. The van der Waals surface area contributed by atoms with Gasteiger partial charge >= 0.3 is 6.18 Å². The Kier molecular flexibility index (Phi) is 8.43. The average molecular weight is 302 g/mol. The van der Waals surface area contributed by atoms with Crippen LogP contribution in [0.3, 0.4) is 0 Å². The number of unbranched alkanes of at least 4 members (excludes halogenated alkanes) is 7. The maximum atomic E-state index is 12.8.